The molecule has 154 valence electrons. The van der Waals surface area contributed by atoms with Crippen molar-refractivity contribution < 1.29 is 9.47 Å². The summed E-state index contributed by atoms with van der Waals surface area (Å²) in [6, 6.07) is 11.7. The number of benzene rings is 1. The number of hydrogen-bond donors (Lipinski definition) is 1. The van der Waals surface area contributed by atoms with Crippen molar-refractivity contribution >= 4 is 5.82 Å². The predicted octanol–water partition coefficient (Wildman–Crippen LogP) is 3.68. The van der Waals surface area contributed by atoms with Gasteiger partial charge in [-0.15, -0.1) is 5.10 Å². The third kappa shape index (κ3) is 2.97. The topological polar surface area (TPSA) is 117 Å². The normalized spacial score (nSPS) is 14.6. The minimum atomic E-state index is -0.352. The van der Waals surface area contributed by atoms with Crippen LogP contribution in [-0.2, 0) is 7.05 Å². The molecule has 0 amide bonds. The SMILES string of the molecule is Cc1ccc2c(c1)[C@@H](C)Oc1cc(cnc1N)-c1c(nn(C)c1C#N)Oc1ccnn1-2. The highest BCUT2D eigenvalue weighted by Gasteiger charge is 2.25. The molecule has 5 rings (SSSR count). The first-order valence-corrected chi connectivity index (χ1v) is 9.68. The zero-order chi connectivity index (χ0) is 21.7. The molecule has 3 aromatic heterocycles. The summed E-state index contributed by atoms with van der Waals surface area (Å²) in [4.78, 5) is 4.29. The lowest BCUT2D eigenvalue weighted by molar-refractivity contribution is 0.227. The van der Waals surface area contributed by atoms with E-state index >= 15 is 0 Å². The maximum Gasteiger partial charge on any atom is 0.249 e. The van der Waals surface area contributed by atoms with Crippen molar-refractivity contribution in [1.29, 1.82) is 5.26 Å². The number of fused-ring (bicyclic) bond motifs is 7. The number of aromatic nitrogens is 5. The Labute approximate surface area is 178 Å². The van der Waals surface area contributed by atoms with Crippen LogP contribution in [0.5, 0.6) is 17.5 Å². The van der Waals surface area contributed by atoms with Gasteiger partial charge in [0.25, 0.3) is 0 Å². The molecule has 2 bridgehead atoms. The summed E-state index contributed by atoms with van der Waals surface area (Å²) in [7, 11) is 1.69. The molecule has 0 saturated heterocycles. The third-order valence-corrected chi connectivity index (χ3v) is 5.25. The number of nitrogens with two attached hydrogens (primary N) is 1. The van der Waals surface area contributed by atoms with Crippen LogP contribution >= 0.6 is 0 Å². The van der Waals surface area contributed by atoms with Crippen LogP contribution in [0.4, 0.5) is 5.82 Å². The fourth-order valence-corrected chi connectivity index (χ4v) is 3.74. The summed E-state index contributed by atoms with van der Waals surface area (Å²) in [5, 5.41) is 18.6. The lowest BCUT2D eigenvalue weighted by Gasteiger charge is -2.21. The second kappa shape index (κ2) is 6.88. The van der Waals surface area contributed by atoms with Gasteiger partial charge >= 0.3 is 0 Å². The molecule has 1 aliphatic rings. The van der Waals surface area contributed by atoms with Crippen LogP contribution in [0.1, 0.15) is 29.8 Å². The molecule has 0 spiro atoms. The third-order valence-electron chi connectivity index (χ3n) is 5.25. The lowest BCUT2D eigenvalue weighted by atomic mass is 10.0. The first kappa shape index (κ1) is 18.7. The second-order valence-electron chi connectivity index (χ2n) is 7.38. The Kier molecular flexibility index (Phi) is 4.15. The highest BCUT2D eigenvalue weighted by Crippen LogP contribution is 2.40. The van der Waals surface area contributed by atoms with Crippen molar-refractivity contribution in [3.05, 3.63) is 59.5 Å². The van der Waals surface area contributed by atoms with E-state index in [1.54, 1.807) is 36.3 Å². The van der Waals surface area contributed by atoms with E-state index in [1.807, 2.05) is 32.0 Å². The molecule has 0 saturated carbocycles. The minimum absolute atomic E-state index is 0.256. The number of anilines is 1. The molecule has 1 aliphatic heterocycles. The maximum absolute atomic E-state index is 9.73. The zero-order valence-corrected chi connectivity index (χ0v) is 17.2. The maximum atomic E-state index is 9.73. The van der Waals surface area contributed by atoms with Gasteiger partial charge in [0.2, 0.25) is 11.8 Å². The summed E-state index contributed by atoms with van der Waals surface area (Å²) in [6.45, 7) is 3.96. The van der Waals surface area contributed by atoms with E-state index in [2.05, 4.69) is 21.3 Å². The average Bonchev–Trinajstić information content (AvgIpc) is 3.32. The highest BCUT2D eigenvalue weighted by molar-refractivity contribution is 5.76. The Bertz CT molecular complexity index is 1360. The number of nitrogens with zero attached hydrogens (tertiary/aromatic N) is 6. The molecule has 0 unspecified atom stereocenters. The lowest BCUT2D eigenvalue weighted by Crippen LogP contribution is -2.12. The van der Waals surface area contributed by atoms with Crippen molar-refractivity contribution in [3.8, 4) is 40.4 Å². The molecule has 4 heterocycles. The van der Waals surface area contributed by atoms with Gasteiger partial charge in [-0.25, -0.2) is 9.67 Å². The van der Waals surface area contributed by atoms with E-state index in [0.717, 1.165) is 16.8 Å². The van der Waals surface area contributed by atoms with Gasteiger partial charge in [-0.2, -0.15) is 10.4 Å². The van der Waals surface area contributed by atoms with Crippen LogP contribution in [0.2, 0.25) is 0 Å². The quantitative estimate of drug-likeness (QED) is 0.467. The summed E-state index contributed by atoms with van der Waals surface area (Å²) in [5.41, 5.74) is 10.4. The summed E-state index contributed by atoms with van der Waals surface area (Å²) in [6.07, 6.45) is 2.88. The van der Waals surface area contributed by atoms with E-state index in [0.29, 0.717) is 28.5 Å². The van der Waals surface area contributed by atoms with Crippen LogP contribution in [0, 0.1) is 18.3 Å². The van der Waals surface area contributed by atoms with Crippen molar-refractivity contribution in [2.75, 3.05) is 5.73 Å². The van der Waals surface area contributed by atoms with Crippen LogP contribution in [0.3, 0.4) is 0 Å². The monoisotopic (exact) mass is 413 g/mol. The van der Waals surface area contributed by atoms with E-state index in [-0.39, 0.29) is 17.8 Å². The Balaban J connectivity index is 1.83. The first-order valence-electron chi connectivity index (χ1n) is 9.68. The Morgan fingerprint density at radius 2 is 2.06 bits per heavy atom. The summed E-state index contributed by atoms with van der Waals surface area (Å²) < 4.78 is 15.6. The molecule has 1 aromatic carbocycles. The number of pyridine rings is 1. The number of nitriles is 1. The summed E-state index contributed by atoms with van der Waals surface area (Å²) >= 11 is 0. The standard InChI is InChI=1S/C22H19N7O2/c1-12-4-5-16-15(8-12)13(2)30-18-9-14(11-25-21(18)24)20-17(10-23)28(3)27-22(20)31-19-6-7-26-29(16)19/h4-9,11,13H,1-3H3,(H2,24,25)/t13-/m1/s1. The molecule has 2 N–H and O–H groups in total. The number of rotatable bonds is 0. The molecular formula is C22H19N7O2. The van der Waals surface area contributed by atoms with Gasteiger partial charge < -0.3 is 15.2 Å². The van der Waals surface area contributed by atoms with Gasteiger partial charge in [0.1, 0.15) is 17.9 Å². The number of ether oxygens (including phenoxy) is 2. The molecule has 9 heteroatoms. The Hall–Kier alpha value is -4.32. The van der Waals surface area contributed by atoms with Crippen molar-refractivity contribution in [2.45, 2.75) is 20.0 Å². The van der Waals surface area contributed by atoms with Crippen molar-refractivity contribution in [1.82, 2.24) is 24.5 Å². The molecule has 4 aromatic rings. The van der Waals surface area contributed by atoms with E-state index in [1.165, 1.54) is 4.68 Å². The van der Waals surface area contributed by atoms with Crippen LogP contribution in [-0.4, -0.2) is 24.5 Å². The molecule has 0 fully saturated rings. The van der Waals surface area contributed by atoms with Gasteiger partial charge in [0, 0.05) is 30.4 Å². The Morgan fingerprint density at radius 3 is 2.87 bits per heavy atom. The smallest absolute Gasteiger partial charge is 0.249 e. The van der Waals surface area contributed by atoms with Crippen molar-refractivity contribution in [2.24, 2.45) is 7.05 Å². The molecule has 0 aliphatic carbocycles. The molecular weight excluding hydrogens is 394 g/mol. The van der Waals surface area contributed by atoms with E-state index in [9.17, 15) is 5.26 Å². The van der Waals surface area contributed by atoms with Gasteiger partial charge in [-0.1, -0.05) is 17.7 Å². The molecule has 9 nitrogen and oxygen atoms in total. The first-order chi connectivity index (χ1) is 15.0. The number of nitrogen functional groups attached to an aromatic ring is 1. The average molecular weight is 413 g/mol. The molecule has 31 heavy (non-hydrogen) atoms. The molecule has 0 radical (unpaired) electrons. The number of hydrogen-bond acceptors (Lipinski definition) is 7. The largest absolute Gasteiger partial charge is 0.482 e. The fourth-order valence-electron chi connectivity index (χ4n) is 3.74. The minimum Gasteiger partial charge on any atom is -0.482 e. The van der Waals surface area contributed by atoms with E-state index in [4.69, 9.17) is 15.2 Å². The fraction of sp³-hybridized carbons (Fsp3) is 0.182. The van der Waals surface area contributed by atoms with Gasteiger partial charge in [0.05, 0.1) is 17.4 Å². The summed E-state index contributed by atoms with van der Waals surface area (Å²) in [5.74, 6) is 1.40. The van der Waals surface area contributed by atoms with Gasteiger partial charge in [0.15, 0.2) is 11.6 Å². The van der Waals surface area contributed by atoms with Crippen LogP contribution in [0.25, 0.3) is 16.8 Å². The Morgan fingerprint density at radius 1 is 1.23 bits per heavy atom. The van der Waals surface area contributed by atoms with Crippen LogP contribution < -0.4 is 15.2 Å². The molecule has 1 atom stereocenters. The van der Waals surface area contributed by atoms with Gasteiger partial charge in [-0.3, -0.25) is 4.68 Å². The van der Waals surface area contributed by atoms with Crippen molar-refractivity contribution in [3.63, 3.8) is 0 Å². The number of aryl methyl sites for hydroxylation is 2. The second-order valence-corrected chi connectivity index (χ2v) is 7.38. The van der Waals surface area contributed by atoms with Gasteiger partial charge in [-0.05, 0) is 26.0 Å². The van der Waals surface area contributed by atoms with Crippen LogP contribution in [0.15, 0.2) is 42.7 Å². The van der Waals surface area contributed by atoms with E-state index < -0.39 is 0 Å². The highest BCUT2D eigenvalue weighted by atomic mass is 16.5. The zero-order valence-electron chi connectivity index (χ0n) is 17.2. The predicted molar refractivity (Wildman–Crippen MR) is 113 cm³/mol.